The first-order valence-corrected chi connectivity index (χ1v) is 13.3. The van der Waals surface area contributed by atoms with Crippen LogP contribution in [0.25, 0.3) is 33.4 Å². The fraction of sp³-hybridized carbons (Fsp3) is 0. The van der Waals surface area contributed by atoms with Crippen molar-refractivity contribution in [2.75, 3.05) is 4.90 Å². The summed E-state index contributed by atoms with van der Waals surface area (Å²) in [5.41, 5.74) is 10.0. The zero-order valence-electron chi connectivity index (χ0n) is 21.9. The highest BCUT2D eigenvalue weighted by atomic mass is 16.4. The van der Waals surface area contributed by atoms with Crippen molar-refractivity contribution in [1.29, 1.82) is 0 Å². The maximum absolute atomic E-state index is 9.92. The number of benzene rings is 6. The molecule has 2 N–H and O–H groups in total. The lowest BCUT2D eigenvalue weighted by atomic mass is 9.80. The van der Waals surface area contributed by atoms with Gasteiger partial charge in [-0.1, -0.05) is 127 Å². The topological polar surface area (TPSA) is 43.7 Å². The third-order valence-corrected chi connectivity index (χ3v) is 7.11. The first kappa shape index (κ1) is 25.4. The molecule has 6 aromatic rings. The van der Waals surface area contributed by atoms with E-state index in [1.165, 1.54) is 11.1 Å². The summed E-state index contributed by atoms with van der Waals surface area (Å²) >= 11 is 0. The second-order valence-electron chi connectivity index (χ2n) is 9.68. The largest absolute Gasteiger partial charge is 0.488 e. The predicted octanol–water partition coefficient (Wildman–Crippen LogP) is 7.84. The van der Waals surface area contributed by atoms with Gasteiger partial charge in [-0.05, 0) is 63.6 Å². The van der Waals surface area contributed by atoms with Crippen molar-refractivity contribution in [1.82, 2.24) is 0 Å². The van der Waals surface area contributed by atoms with E-state index in [9.17, 15) is 10.0 Å². The molecule has 0 atom stereocenters. The van der Waals surface area contributed by atoms with Gasteiger partial charge in [0.1, 0.15) is 0 Å². The maximum Gasteiger partial charge on any atom is 0.488 e. The second-order valence-corrected chi connectivity index (χ2v) is 9.68. The molecule has 0 saturated carbocycles. The van der Waals surface area contributed by atoms with Gasteiger partial charge in [-0.15, -0.1) is 0 Å². The zero-order valence-corrected chi connectivity index (χ0v) is 21.9. The van der Waals surface area contributed by atoms with E-state index in [2.05, 4.69) is 108 Å². The minimum absolute atomic E-state index is 0.438. The summed E-state index contributed by atoms with van der Waals surface area (Å²) in [5, 5.41) is 19.8. The molecule has 4 heteroatoms. The average molecular weight is 517 g/mol. The molecule has 40 heavy (non-hydrogen) atoms. The van der Waals surface area contributed by atoms with Gasteiger partial charge >= 0.3 is 7.12 Å². The van der Waals surface area contributed by atoms with Gasteiger partial charge in [0.05, 0.1) is 5.69 Å². The zero-order chi connectivity index (χ0) is 27.3. The first-order valence-electron chi connectivity index (χ1n) is 13.3. The summed E-state index contributed by atoms with van der Waals surface area (Å²) in [6.07, 6.45) is 0. The van der Waals surface area contributed by atoms with Crippen LogP contribution in [-0.4, -0.2) is 17.2 Å². The Kier molecular flexibility index (Phi) is 7.27. The Morgan fingerprint density at radius 3 is 1.50 bits per heavy atom. The molecule has 0 spiro atoms. The van der Waals surface area contributed by atoms with Gasteiger partial charge in [0, 0.05) is 16.9 Å². The van der Waals surface area contributed by atoms with Gasteiger partial charge in [0.25, 0.3) is 0 Å². The Bertz CT molecular complexity index is 1700. The third kappa shape index (κ3) is 5.32. The molecule has 0 aromatic heterocycles. The summed E-state index contributed by atoms with van der Waals surface area (Å²) in [6, 6.07) is 53.5. The molecule has 0 heterocycles. The summed E-state index contributed by atoms with van der Waals surface area (Å²) in [4.78, 5) is 2.17. The van der Waals surface area contributed by atoms with Gasteiger partial charge in [0.15, 0.2) is 0 Å². The molecule has 0 bridgehead atoms. The predicted molar refractivity (Wildman–Crippen MR) is 167 cm³/mol. The van der Waals surface area contributed by atoms with Gasteiger partial charge in [-0.25, -0.2) is 0 Å². The molecule has 0 saturated heterocycles. The monoisotopic (exact) mass is 517 g/mol. The van der Waals surface area contributed by atoms with Gasteiger partial charge in [0.2, 0.25) is 0 Å². The third-order valence-electron chi connectivity index (χ3n) is 7.11. The van der Waals surface area contributed by atoms with Crippen LogP contribution in [0, 0.1) is 0 Å². The summed E-state index contributed by atoms with van der Waals surface area (Å²) in [6.45, 7) is 0. The van der Waals surface area contributed by atoms with Crippen LogP contribution in [-0.2, 0) is 0 Å². The van der Waals surface area contributed by atoms with E-state index in [-0.39, 0.29) is 0 Å². The van der Waals surface area contributed by atoms with Crippen molar-refractivity contribution < 1.29 is 10.0 Å². The molecule has 0 unspecified atom stereocenters. The van der Waals surface area contributed by atoms with E-state index in [1.54, 1.807) is 6.07 Å². The van der Waals surface area contributed by atoms with Crippen LogP contribution in [0.3, 0.4) is 0 Å². The molecule has 0 amide bonds. The lowest BCUT2D eigenvalue weighted by molar-refractivity contribution is 0.426. The minimum atomic E-state index is -1.55. The SMILES string of the molecule is OB(O)c1cccc(N(c2ccc(-c3ccccc3)cc2)c2ccccc2-c2ccc(-c3ccccc3)cc2)c1. The van der Waals surface area contributed by atoms with E-state index >= 15 is 0 Å². The van der Waals surface area contributed by atoms with Gasteiger partial charge in [-0.2, -0.15) is 0 Å². The summed E-state index contributed by atoms with van der Waals surface area (Å²) in [5.74, 6) is 0. The lowest BCUT2D eigenvalue weighted by Gasteiger charge is -2.28. The molecule has 0 radical (unpaired) electrons. The molecule has 0 aliphatic carbocycles. The van der Waals surface area contributed by atoms with Crippen LogP contribution >= 0.6 is 0 Å². The molecule has 0 aliphatic rings. The van der Waals surface area contributed by atoms with Crippen LogP contribution in [0.1, 0.15) is 0 Å². The average Bonchev–Trinajstić information content (AvgIpc) is 3.03. The van der Waals surface area contributed by atoms with Crippen molar-refractivity contribution in [2.45, 2.75) is 0 Å². The van der Waals surface area contributed by atoms with Crippen LogP contribution in [0.5, 0.6) is 0 Å². The van der Waals surface area contributed by atoms with Crippen molar-refractivity contribution in [3.63, 3.8) is 0 Å². The molecule has 6 aromatic carbocycles. The van der Waals surface area contributed by atoms with Gasteiger partial charge in [-0.3, -0.25) is 0 Å². The molecule has 192 valence electrons. The highest BCUT2D eigenvalue weighted by Gasteiger charge is 2.19. The van der Waals surface area contributed by atoms with E-state index < -0.39 is 7.12 Å². The number of anilines is 3. The molecule has 0 fully saturated rings. The highest BCUT2D eigenvalue weighted by Crippen LogP contribution is 2.41. The van der Waals surface area contributed by atoms with Crippen LogP contribution < -0.4 is 10.4 Å². The second kappa shape index (κ2) is 11.5. The summed E-state index contributed by atoms with van der Waals surface area (Å²) < 4.78 is 0. The fourth-order valence-electron chi connectivity index (χ4n) is 5.07. The van der Waals surface area contributed by atoms with Crippen molar-refractivity contribution in [3.05, 3.63) is 158 Å². The van der Waals surface area contributed by atoms with E-state index in [0.717, 1.165) is 39.3 Å². The van der Waals surface area contributed by atoms with Crippen molar-refractivity contribution >= 4 is 29.6 Å². The minimum Gasteiger partial charge on any atom is -0.423 e. The Labute approximate surface area is 235 Å². The Morgan fingerprint density at radius 2 is 0.900 bits per heavy atom. The lowest BCUT2D eigenvalue weighted by Crippen LogP contribution is -2.30. The number of hydrogen-bond donors (Lipinski definition) is 2. The smallest absolute Gasteiger partial charge is 0.423 e. The van der Waals surface area contributed by atoms with E-state index in [4.69, 9.17) is 0 Å². The Balaban J connectivity index is 1.46. The first-order chi connectivity index (χ1) is 19.7. The Morgan fingerprint density at radius 1 is 0.400 bits per heavy atom. The number of hydrogen-bond acceptors (Lipinski definition) is 3. The summed E-state index contributed by atoms with van der Waals surface area (Å²) in [7, 11) is -1.55. The Hall–Kier alpha value is -4.90. The molecular formula is C36H28BNO2. The number of rotatable bonds is 7. The quantitative estimate of drug-likeness (QED) is 0.212. The highest BCUT2D eigenvalue weighted by molar-refractivity contribution is 6.58. The van der Waals surface area contributed by atoms with Crippen molar-refractivity contribution in [3.8, 4) is 33.4 Å². The number of nitrogens with zero attached hydrogens (tertiary/aromatic N) is 1. The molecular weight excluding hydrogens is 489 g/mol. The fourth-order valence-corrected chi connectivity index (χ4v) is 5.07. The van der Waals surface area contributed by atoms with Crippen molar-refractivity contribution in [2.24, 2.45) is 0 Å². The van der Waals surface area contributed by atoms with Crippen LogP contribution in [0.15, 0.2) is 158 Å². The van der Waals surface area contributed by atoms with Gasteiger partial charge < -0.3 is 14.9 Å². The van der Waals surface area contributed by atoms with Crippen LogP contribution in [0.2, 0.25) is 0 Å². The number of para-hydroxylation sites is 1. The standard InChI is InChI=1S/C36H28BNO2/c39-37(40)32-14-9-15-34(26-32)38(33-24-22-30(23-25-33)28-12-5-2-6-13-28)36-17-8-7-16-35(36)31-20-18-29(19-21-31)27-10-3-1-4-11-27/h1-26,39-40H. The molecule has 3 nitrogen and oxygen atoms in total. The maximum atomic E-state index is 9.92. The van der Waals surface area contributed by atoms with E-state index in [0.29, 0.717) is 5.46 Å². The van der Waals surface area contributed by atoms with Crippen LogP contribution in [0.4, 0.5) is 17.1 Å². The molecule has 6 rings (SSSR count). The molecule has 0 aliphatic heterocycles. The van der Waals surface area contributed by atoms with E-state index in [1.807, 2.05) is 48.5 Å². The normalized spacial score (nSPS) is 10.8.